The molecule has 0 heterocycles. The lowest BCUT2D eigenvalue weighted by Crippen LogP contribution is -2.40. The molecule has 0 aromatic heterocycles. The van der Waals surface area contributed by atoms with E-state index in [1.807, 2.05) is 0 Å². The maximum atomic E-state index is 10.0. The smallest absolute Gasteiger partial charge is 0.107 e. The predicted molar refractivity (Wildman–Crippen MR) is 71.5 cm³/mol. The molecule has 0 aromatic rings. The van der Waals surface area contributed by atoms with Gasteiger partial charge in [-0.15, -0.1) is 0 Å². The molecule has 1 atom stereocenters. The molecule has 0 fully saturated rings. The van der Waals surface area contributed by atoms with Crippen molar-refractivity contribution in [2.45, 2.75) is 84.4 Å². The Hall–Kier alpha value is -0.0800. The first-order valence-corrected chi connectivity index (χ1v) is 7.07. The topological polar surface area (TPSA) is 23.5 Å². The molecule has 2 nitrogen and oxygen atoms in total. The Bertz CT molecular complexity index is 142. The molecule has 0 spiro atoms. The van der Waals surface area contributed by atoms with Crippen LogP contribution in [0.5, 0.6) is 0 Å². The van der Waals surface area contributed by atoms with Crippen molar-refractivity contribution in [3.8, 4) is 0 Å². The molecular weight excluding hydrogens is 198 g/mol. The SMILES string of the molecule is CCCCC(CCCC)N(C)C(O)CCC. The fraction of sp³-hybridized carbons (Fsp3) is 1.00. The van der Waals surface area contributed by atoms with Gasteiger partial charge in [-0.2, -0.15) is 0 Å². The molecule has 98 valence electrons. The summed E-state index contributed by atoms with van der Waals surface area (Å²) in [6.45, 7) is 6.60. The third-order valence-corrected chi connectivity index (χ3v) is 3.37. The van der Waals surface area contributed by atoms with Crippen LogP contribution < -0.4 is 0 Å². The lowest BCUT2D eigenvalue weighted by atomic mass is 10.0. The van der Waals surface area contributed by atoms with E-state index in [-0.39, 0.29) is 6.23 Å². The van der Waals surface area contributed by atoms with Crippen LogP contribution in [-0.4, -0.2) is 29.3 Å². The van der Waals surface area contributed by atoms with Crippen molar-refractivity contribution >= 4 is 0 Å². The van der Waals surface area contributed by atoms with E-state index in [1.54, 1.807) is 0 Å². The van der Waals surface area contributed by atoms with Crippen molar-refractivity contribution in [2.24, 2.45) is 0 Å². The standard InChI is InChI=1S/C14H31NO/c1-5-8-11-13(12-9-6-2)15(4)14(16)10-7-3/h13-14,16H,5-12H2,1-4H3. The second kappa shape index (κ2) is 10.1. The highest BCUT2D eigenvalue weighted by molar-refractivity contribution is 4.71. The number of nitrogens with zero attached hydrogens (tertiary/aromatic N) is 1. The van der Waals surface area contributed by atoms with Crippen molar-refractivity contribution in [1.82, 2.24) is 4.90 Å². The molecule has 2 heteroatoms. The van der Waals surface area contributed by atoms with Crippen LogP contribution in [0, 0.1) is 0 Å². The lowest BCUT2D eigenvalue weighted by molar-refractivity contribution is -0.0174. The zero-order valence-electron chi connectivity index (χ0n) is 11.7. The van der Waals surface area contributed by atoms with Crippen LogP contribution >= 0.6 is 0 Å². The molecule has 0 aliphatic carbocycles. The molecule has 0 aliphatic heterocycles. The number of unbranched alkanes of at least 4 members (excludes halogenated alkanes) is 2. The fourth-order valence-corrected chi connectivity index (χ4v) is 2.14. The summed E-state index contributed by atoms with van der Waals surface area (Å²) in [4.78, 5) is 2.19. The van der Waals surface area contributed by atoms with E-state index >= 15 is 0 Å². The van der Waals surface area contributed by atoms with Gasteiger partial charge in [-0.1, -0.05) is 52.9 Å². The molecule has 16 heavy (non-hydrogen) atoms. The van der Waals surface area contributed by atoms with Gasteiger partial charge in [0.1, 0.15) is 6.23 Å². The third-order valence-electron chi connectivity index (χ3n) is 3.37. The molecule has 0 saturated heterocycles. The first-order chi connectivity index (χ1) is 7.67. The molecule has 0 radical (unpaired) electrons. The van der Waals surface area contributed by atoms with Crippen LogP contribution in [0.2, 0.25) is 0 Å². The van der Waals surface area contributed by atoms with E-state index in [2.05, 4.69) is 32.7 Å². The monoisotopic (exact) mass is 229 g/mol. The van der Waals surface area contributed by atoms with Gasteiger partial charge in [0.05, 0.1) is 0 Å². The largest absolute Gasteiger partial charge is 0.378 e. The first-order valence-electron chi connectivity index (χ1n) is 7.07. The quantitative estimate of drug-likeness (QED) is 0.576. The van der Waals surface area contributed by atoms with Crippen molar-refractivity contribution in [3.63, 3.8) is 0 Å². The van der Waals surface area contributed by atoms with E-state index in [0.29, 0.717) is 6.04 Å². The van der Waals surface area contributed by atoms with Gasteiger partial charge in [-0.05, 0) is 26.3 Å². The Balaban J connectivity index is 4.11. The number of rotatable bonds is 10. The van der Waals surface area contributed by atoms with Crippen LogP contribution in [0.3, 0.4) is 0 Å². The molecule has 0 aliphatic rings. The Labute approximate surface area is 102 Å². The molecule has 1 N–H and O–H groups in total. The average Bonchev–Trinajstić information content (AvgIpc) is 2.29. The second-order valence-electron chi connectivity index (χ2n) is 4.87. The molecule has 0 saturated carbocycles. The molecule has 1 unspecified atom stereocenters. The van der Waals surface area contributed by atoms with Crippen LogP contribution in [-0.2, 0) is 0 Å². The van der Waals surface area contributed by atoms with Gasteiger partial charge in [0.25, 0.3) is 0 Å². The maximum Gasteiger partial charge on any atom is 0.107 e. The number of hydrogen-bond acceptors (Lipinski definition) is 2. The van der Waals surface area contributed by atoms with E-state index in [9.17, 15) is 5.11 Å². The minimum atomic E-state index is -0.247. The van der Waals surface area contributed by atoms with Gasteiger partial charge in [-0.25, -0.2) is 0 Å². The van der Waals surface area contributed by atoms with Gasteiger partial charge >= 0.3 is 0 Å². The zero-order chi connectivity index (χ0) is 12.4. The van der Waals surface area contributed by atoms with Crippen LogP contribution in [0.15, 0.2) is 0 Å². The van der Waals surface area contributed by atoms with Gasteiger partial charge in [-0.3, -0.25) is 4.90 Å². The molecule has 0 amide bonds. The minimum Gasteiger partial charge on any atom is -0.378 e. The van der Waals surface area contributed by atoms with E-state index in [0.717, 1.165) is 12.8 Å². The fourth-order valence-electron chi connectivity index (χ4n) is 2.14. The molecule has 0 bridgehead atoms. The highest BCUT2D eigenvalue weighted by Crippen LogP contribution is 2.17. The highest BCUT2D eigenvalue weighted by Gasteiger charge is 2.19. The molecular formula is C14H31NO. The molecule has 0 rings (SSSR count). The van der Waals surface area contributed by atoms with Crippen molar-refractivity contribution < 1.29 is 5.11 Å². The normalized spacial score (nSPS) is 13.7. The van der Waals surface area contributed by atoms with Crippen LogP contribution in [0.25, 0.3) is 0 Å². The van der Waals surface area contributed by atoms with E-state index in [4.69, 9.17) is 0 Å². The summed E-state index contributed by atoms with van der Waals surface area (Å²) in [6, 6.07) is 0.571. The second-order valence-corrected chi connectivity index (χ2v) is 4.87. The molecule has 0 aromatic carbocycles. The Morgan fingerprint density at radius 3 is 1.75 bits per heavy atom. The maximum absolute atomic E-state index is 10.0. The Morgan fingerprint density at radius 1 is 0.875 bits per heavy atom. The summed E-state index contributed by atoms with van der Waals surface area (Å²) in [5, 5.41) is 10.0. The van der Waals surface area contributed by atoms with Gasteiger partial charge in [0, 0.05) is 6.04 Å². The summed E-state index contributed by atoms with van der Waals surface area (Å²) in [6.07, 6.45) is 9.21. The van der Waals surface area contributed by atoms with E-state index in [1.165, 1.54) is 38.5 Å². The van der Waals surface area contributed by atoms with Crippen LogP contribution in [0.4, 0.5) is 0 Å². The Morgan fingerprint density at radius 2 is 1.38 bits per heavy atom. The lowest BCUT2D eigenvalue weighted by Gasteiger charge is -2.32. The van der Waals surface area contributed by atoms with Crippen molar-refractivity contribution in [2.75, 3.05) is 7.05 Å². The summed E-state index contributed by atoms with van der Waals surface area (Å²) in [5.41, 5.74) is 0. The summed E-state index contributed by atoms with van der Waals surface area (Å²) in [7, 11) is 2.08. The van der Waals surface area contributed by atoms with Crippen molar-refractivity contribution in [3.05, 3.63) is 0 Å². The Kier molecular flexibility index (Phi) is 10.0. The minimum absolute atomic E-state index is 0.247. The summed E-state index contributed by atoms with van der Waals surface area (Å²) >= 11 is 0. The van der Waals surface area contributed by atoms with E-state index < -0.39 is 0 Å². The summed E-state index contributed by atoms with van der Waals surface area (Å²) < 4.78 is 0. The van der Waals surface area contributed by atoms with Crippen molar-refractivity contribution in [1.29, 1.82) is 0 Å². The van der Waals surface area contributed by atoms with Crippen LogP contribution in [0.1, 0.15) is 72.1 Å². The predicted octanol–water partition coefficient (Wildman–Crippen LogP) is 3.79. The van der Waals surface area contributed by atoms with Gasteiger partial charge in [0.15, 0.2) is 0 Å². The number of hydrogen-bond donors (Lipinski definition) is 1. The first kappa shape index (κ1) is 15.9. The number of aliphatic hydroxyl groups is 1. The number of aliphatic hydroxyl groups excluding tert-OH is 1. The highest BCUT2D eigenvalue weighted by atomic mass is 16.3. The van der Waals surface area contributed by atoms with Gasteiger partial charge in [0.2, 0.25) is 0 Å². The average molecular weight is 229 g/mol. The third kappa shape index (κ3) is 6.49. The zero-order valence-corrected chi connectivity index (χ0v) is 11.7. The summed E-state index contributed by atoms with van der Waals surface area (Å²) in [5.74, 6) is 0. The van der Waals surface area contributed by atoms with Gasteiger partial charge < -0.3 is 5.11 Å².